The summed E-state index contributed by atoms with van der Waals surface area (Å²) >= 11 is 0. The lowest BCUT2D eigenvalue weighted by Gasteiger charge is -2.17. The molecule has 0 heterocycles. The number of unbranched alkanes of at least 4 members (excludes halogenated alkanes) is 6. The summed E-state index contributed by atoms with van der Waals surface area (Å²) in [7, 11) is -4.42. The molecule has 33 heavy (non-hydrogen) atoms. The van der Waals surface area contributed by atoms with Crippen LogP contribution in [0.1, 0.15) is 81.1 Å². The van der Waals surface area contributed by atoms with Gasteiger partial charge in [-0.05, 0) is 49.1 Å². The van der Waals surface area contributed by atoms with Crippen LogP contribution in [0, 0.1) is 0 Å². The van der Waals surface area contributed by atoms with Crippen LogP contribution >= 0.6 is 0 Å². The number of hydrogen-bond acceptors (Lipinski definition) is 6. The average Bonchev–Trinajstić information content (AvgIpc) is 2.77. The van der Waals surface area contributed by atoms with Crippen molar-refractivity contribution in [3.63, 3.8) is 0 Å². The van der Waals surface area contributed by atoms with Crippen LogP contribution in [0.2, 0.25) is 0 Å². The Morgan fingerprint density at radius 1 is 0.939 bits per heavy atom. The molecule has 0 atom stereocenters. The number of carbonyl (C=O) groups excluding carboxylic acids is 1. The Morgan fingerprint density at radius 2 is 1.61 bits per heavy atom. The zero-order valence-electron chi connectivity index (χ0n) is 19.6. The first-order valence-electron chi connectivity index (χ1n) is 11.7. The number of benzene rings is 2. The van der Waals surface area contributed by atoms with Gasteiger partial charge in [-0.25, -0.2) is 4.79 Å². The molecule has 0 amide bonds. The second-order valence-corrected chi connectivity index (χ2v) is 9.23. The van der Waals surface area contributed by atoms with Crippen molar-refractivity contribution in [2.45, 2.75) is 71.6 Å². The van der Waals surface area contributed by atoms with Gasteiger partial charge in [0.15, 0.2) is 5.75 Å². The first-order valence-corrected chi connectivity index (χ1v) is 13.2. The van der Waals surface area contributed by atoms with Gasteiger partial charge in [0, 0.05) is 6.54 Å². The molecule has 8 heteroatoms. The van der Waals surface area contributed by atoms with Crippen LogP contribution < -0.4 is 15.2 Å². The molecular weight excluding hydrogens is 440 g/mol. The van der Waals surface area contributed by atoms with E-state index in [1.807, 2.05) is 30.3 Å². The average molecular weight is 477 g/mol. The number of nitrogens with one attached hydrogen (secondary N) is 1. The van der Waals surface area contributed by atoms with Crippen molar-refractivity contribution in [2.24, 2.45) is 5.14 Å². The summed E-state index contributed by atoms with van der Waals surface area (Å²) in [6, 6.07) is 12.8. The van der Waals surface area contributed by atoms with Crippen molar-refractivity contribution in [1.82, 2.24) is 0 Å². The van der Waals surface area contributed by atoms with Crippen molar-refractivity contribution >= 4 is 22.0 Å². The van der Waals surface area contributed by atoms with E-state index in [1.165, 1.54) is 19.3 Å². The third-order valence-corrected chi connectivity index (χ3v) is 5.62. The van der Waals surface area contributed by atoms with Gasteiger partial charge >= 0.3 is 16.3 Å². The first-order chi connectivity index (χ1) is 15.8. The molecule has 0 spiro atoms. The Balaban J connectivity index is 2.35. The van der Waals surface area contributed by atoms with Crippen LogP contribution in [0.25, 0.3) is 0 Å². The maximum absolute atomic E-state index is 12.7. The van der Waals surface area contributed by atoms with Gasteiger partial charge in [0.05, 0.1) is 11.3 Å². The Bertz CT molecular complexity index is 978. The zero-order chi connectivity index (χ0) is 24.1. The highest BCUT2D eigenvalue weighted by Crippen LogP contribution is 2.34. The molecule has 0 aliphatic heterocycles. The molecule has 182 valence electrons. The number of rotatable bonds is 15. The number of hydrogen-bond donors (Lipinski definition) is 2. The minimum atomic E-state index is -4.42. The van der Waals surface area contributed by atoms with Crippen LogP contribution in [0.4, 0.5) is 5.69 Å². The molecule has 0 radical (unpaired) electrons. The van der Waals surface area contributed by atoms with Crippen molar-refractivity contribution < 1.29 is 22.1 Å². The van der Waals surface area contributed by atoms with Gasteiger partial charge in [-0.3, -0.25) is 0 Å². The number of para-hydroxylation sites is 1. The minimum absolute atomic E-state index is 0.178. The van der Waals surface area contributed by atoms with E-state index in [2.05, 4.69) is 23.3 Å². The largest absolute Gasteiger partial charge is 0.455 e. The third-order valence-electron chi connectivity index (χ3n) is 5.23. The summed E-state index contributed by atoms with van der Waals surface area (Å²) in [5.74, 6) is 0.259. The summed E-state index contributed by atoms with van der Waals surface area (Å²) in [5, 5.41) is 8.25. The van der Waals surface area contributed by atoms with Crippen molar-refractivity contribution in [3.05, 3.63) is 53.6 Å². The van der Waals surface area contributed by atoms with E-state index in [0.29, 0.717) is 35.7 Å². The van der Waals surface area contributed by atoms with Gasteiger partial charge < -0.3 is 14.2 Å². The molecule has 3 N–H and O–H groups in total. The fourth-order valence-corrected chi connectivity index (χ4v) is 3.80. The van der Waals surface area contributed by atoms with E-state index in [4.69, 9.17) is 9.88 Å². The fourth-order valence-electron chi connectivity index (χ4n) is 3.50. The quantitative estimate of drug-likeness (QED) is 0.307. The number of aryl methyl sites for hydroxylation is 1. The van der Waals surface area contributed by atoms with E-state index in [0.717, 1.165) is 32.1 Å². The lowest BCUT2D eigenvalue weighted by atomic mass is 9.99. The van der Waals surface area contributed by atoms with Gasteiger partial charge in [-0.15, -0.1) is 0 Å². The molecule has 0 saturated heterocycles. The van der Waals surface area contributed by atoms with Gasteiger partial charge in [-0.1, -0.05) is 70.6 Å². The van der Waals surface area contributed by atoms with Gasteiger partial charge in [0.2, 0.25) is 0 Å². The van der Waals surface area contributed by atoms with Crippen molar-refractivity contribution in [3.8, 4) is 11.5 Å². The predicted octanol–water partition coefficient (Wildman–Crippen LogP) is 5.95. The van der Waals surface area contributed by atoms with E-state index >= 15 is 0 Å². The lowest BCUT2D eigenvalue weighted by molar-refractivity contribution is 0.0746. The van der Waals surface area contributed by atoms with Crippen LogP contribution in [-0.4, -0.2) is 20.9 Å². The van der Waals surface area contributed by atoms with Crippen LogP contribution in [-0.2, 0) is 20.9 Å². The maximum Gasteiger partial charge on any atom is 0.382 e. The van der Waals surface area contributed by atoms with Crippen LogP contribution in [0.3, 0.4) is 0 Å². The minimum Gasteiger partial charge on any atom is -0.455 e. The molecule has 0 fully saturated rings. The molecule has 0 aliphatic rings. The zero-order valence-corrected chi connectivity index (χ0v) is 20.5. The Morgan fingerprint density at radius 3 is 2.27 bits per heavy atom. The highest BCUT2D eigenvalue weighted by atomic mass is 32.2. The Hall–Kier alpha value is -2.58. The van der Waals surface area contributed by atoms with Gasteiger partial charge in [0.25, 0.3) is 0 Å². The van der Waals surface area contributed by atoms with Gasteiger partial charge in [-0.2, -0.15) is 13.6 Å². The van der Waals surface area contributed by atoms with Crippen molar-refractivity contribution in [2.75, 3.05) is 11.9 Å². The highest BCUT2D eigenvalue weighted by molar-refractivity contribution is 7.84. The monoisotopic (exact) mass is 476 g/mol. The molecule has 2 aromatic carbocycles. The molecule has 0 bridgehead atoms. The second-order valence-electron chi connectivity index (χ2n) is 8.08. The summed E-state index contributed by atoms with van der Waals surface area (Å²) in [5.41, 5.74) is 1.45. The number of carbonyl (C=O) groups is 1. The smallest absolute Gasteiger partial charge is 0.382 e. The summed E-state index contributed by atoms with van der Waals surface area (Å²) in [6.07, 6.45) is 9.10. The van der Waals surface area contributed by atoms with E-state index in [-0.39, 0.29) is 5.56 Å². The van der Waals surface area contributed by atoms with Crippen LogP contribution in [0.5, 0.6) is 11.5 Å². The fraction of sp³-hybridized carbons (Fsp3) is 0.480. The normalized spacial score (nSPS) is 11.2. The molecule has 2 aromatic rings. The Kier molecular flexibility index (Phi) is 11.2. The van der Waals surface area contributed by atoms with Crippen molar-refractivity contribution in [1.29, 1.82) is 0 Å². The first kappa shape index (κ1) is 26.7. The molecule has 0 unspecified atom stereocenters. The Labute approximate surface area is 197 Å². The van der Waals surface area contributed by atoms with Crippen LogP contribution in [0.15, 0.2) is 42.5 Å². The molecule has 0 aromatic heterocycles. The van der Waals surface area contributed by atoms with E-state index in [1.54, 1.807) is 12.1 Å². The standard InChI is InChI=1S/C25H36N2O5S/c1-3-5-7-8-9-11-14-20-18-24(31-21-15-12-10-13-16-21)23(27-17-6-4-2)19-22(20)25(28)32-33(26,29)30/h10,12-13,15-16,18-19,27H,3-9,11,14,17H2,1-2H3,(H2,26,29,30). The summed E-state index contributed by atoms with van der Waals surface area (Å²) in [6.45, 7) is 4.94. The maximum atomic E-state index is 12.7. The number of ether oxygens (including phenoxy) is 1. The number of anilines is 1. The van der Waals surface area contributed by atoms with E-state index < -0.39 is 16.3 Å². The second kappa shape index (κ2) is 13.9. The summed E-state index contributed by atoms with van der Waals surface area (Å²) in [4.78, 5) is 12.7. The van der Waals surface area contributed by atoms with Gasteiger partial charge in [0.1, 0.15) is 5.75 Å². The molecule has 7 nitrogen and oxygen atoms in total. The predicted molar refractivity (Wildman–Crippen MR) is 132 cm³/mol. The molecule has 0 aliphatic carbocycles. The molecule has 0 saturated carbocycles. The topological polar surface area (TPSA) is 108 Å². The molecule has 2 rings (SSSR count). The SMILES string of the molecule is CCCCCCCCc1cc(Oc2ccccc2)c(NCCCC)cc1C(=O)OS(N)(=O)=O. The number of nitrogens with two attached hydrogens (primary N) is 1. The summed E-state index contributed by atoms with van der Waals surface area (Å²) < 4.78 is 33.4. The van der Waals surface area contributed by atoms with E-state index in [9.17, 15) is 13.2 Å². The molecular formula is C25H36N2O5S. The highest BCUT2D eigenvalue weighted by Gasteiger charge is 2.21. The lowest BCUT2D eigenvalue weighted by Crippen LogP contribution is -2.21. The third kappa shape index (κ3) is 9.84.